The molecule has 0 fully saturated rings. The number of ether oxygens (including phenoxy) is 3. The lowest BCUT2D eigenvalue weighted by molar-refractivity contribution is -0.139. The molecule has 0 aliphatic carbocycles. The highest BCUT2D eigenvalue weighted by molar-refractivity contribution is 8.00. The quantitative estimate of drug-likeness (QED) is 0.544. The molecule has 0 radical (unpaired) electrons. The minimum absolute atomic E-state index is 0.242. The summed E-state index contributed by atoms with van der Waals surface area (Å²) in [4.78, 5) is 25.2. The second-order valence-corrected chi connectivity index (χ2v) is 8.21. The van der Waals surface area contributed by atoms with Crippen LogP contribution in [0.4, 0.5) is 0 Å². The highest BCUT2D eigenvalue weighted by Gasteiger charge is 2.20. The number of thioether (sulfide) groups is 1. The molecule has 2 aromatic carbocycles. The number of nitrogens with one attached hydrogen (secondary N) is 1. The van der Waals surface area contributed by atoms with Crippen LogP contribution in [0.2, 0.25) is 5.02 Å². The topological polar surface area (TPSA) is 73.9 Å². The fourth-order valence-corrected chi connectivity index (χ4v) is 4.13. The fraction of sp³-hybridized carbons (Fsp3) is 0.333. The van der Waals surface area contributed by atoms with Gasteiger partial charge in [0.25, 0.3) is 5.91 Å². The summed E-state index contributed by atoms with van der Waals surface area (Å²) < 4.78 is 16.1. The molecule has 2 aromatic rings. The van der Waals surface area contributed by atoms with Gasteiger partial charge in [0.2, 0.25) is 0 Å². The maximum atomic E-state index is 12.8. The lowest BCUT2D eigenvalue weighted by Gasteiger charge is -2.14. The number of hydrogen-bond acceptors (Lipinski definition) is 6. The largest absolute Gasteiger partial charge is 0.489 e. The maximum absolute atomic E-state index is 12.8. The Morgan fingerprint density at radius 2 is 2.00 bits per heavy atom. The van der Waals surface area contributed by atoms with E-state index in [9.17, 15) is 9.59 Å². The van der Waals surface area contributed by atoms with Gasteiger partial charge in [0.15, 0.2) is 11.5 Å². The number of amides is 1. The lowest BCUT2D eigenvalue weighted by atomic mass is 10.1. The first-order chi connectivity index (χ1) is 14.0. The third-order valence-corrected chi connectivity index (χ3v) is 5.72. The average molecular weight is 436 g/mol. The molecule has 1 aliphatic heterocycles. The summed E-state index contributed by atoms with van der Waals surface area (Å²) in [5, 5.41) is 2.93. The molecule has 3 rings (SSSR count). The summed E-state index contributed by atoms with van der Waals surface area (Å²) in [7, 11) is 1.35. The van der Waals surface area contributed by atoms with Crippen molar-refractivity contribution in [1.29, 1.82) is 0 Å². The van der Waals surface area contributed by atoms with Crippen molar-refractivity contribution >= 4 is 35.2 Å². The van der Waals surface area contributed by atoms with E-state index < -0.39 is 5.25 Å². The van der Waals surface area contributed by atoms with Crippen LogP contribution >= 0.6 is 23.4 Å². The Bertz CT molecular complexity index is 905. The van der Waals surface area contributed by atoms with Crippen molar-refractivity contribution in [3.8, 4) is 11.5 Å². The molecule has 1 unspecified atom stereocenters. The van der Waals surface area contributed by atoms with Crippen LogP contribution in [0, 0.1) is 0 Å². The maximum Gasteiger partial charge on any atom is 0.318 e. The van der Waals surface area contributed by atoms with Gasteiger partial charge in [-0.05, 0) is 36.8 Å². The van der Waals surface area contributed by atoms with Gasteiger partial charge in [-0.1, -0.05) is 23.7 Å². The van der Waals surface area contributed by atoms with Gasteiger partial charge < -0.3 is 19.5 Å². The molecule has 6 nitrogen and oxygen atoms in total. The molecular weight excluding hydrogens is 414 g/mol. The van der Waals surface area contributed by atoms with E-state index in [2.05, 4.69) is 5.32 Å². The standard InChI is InChI=1S/C21H22ClNO5S/c1-13(21(25)26-2)29-18-7-4-3-6-15(18)20(24)23-12-14-10-16(22)19-17(11-14)27-8-5-9-28-19/h3-4,6-7,10-11,13H,5,8-9,12H2,1-2H3,(H,23,24). The molecule has 0 saturated carbocycles. The number of carbonyl (C=O) groups excluding carboxylic acids is 2. The van der Waals surface area contributed by atoms with Crippen LogP contribution in [0.5, 0.6) is 11.5 Å². The Balaban J connectivity index is 1.71. The predicted molar refractivity (Wildman–Crippen MR) is 112 cm³/mol. The second kappa shape index (κ2) is 9.89. The van der Waals surface area contributed by atoms with E-state index in [4.69, 9.17) is 25.8 Å². The molecule has 1 aliphatic rings. The van der Waals surface area contributed by atoms with E-state index >= 15 is 0 Å². The van der Waals surface area contributed by atoms with Crippen LogP contribution in [0.15, 0.2) is 41.3 Å². The molecule has 1 atom stereocenters. The normalized spacial score (nSPS) is 13.9. The minimum Gasteiger partial charge on any atom is -0.489 e. The van der Waals surface area contributed by atoms with E-state index in [1.165, 1.54) is 18.9 Å². The van der Waals surface area contributed by atoms with Crippen LogP contribution in [0.3, 0.4) is 0 Å². The number of carbonyl (C=O) groups is 2. The van der Waals surface area contributed by atoms with Gasteiger partial charge in [-0.25, -0.2) is 0 Å². The van der Waals surface area contributed by atoms with Crippen molar-refractivity contribution in [3.05, 3.63) is 52.5 Å². The van der Waals surface area contributed by atoms with Crippen molar-refractivity contribution in [3.63, 3.8) is 0 Å². The SMILES string of the molecule is COC(=O)C(C)Sc1ccccc1C(=O)NCc1cc(Cl)c2c(c1)OCCCO2. The van der Waals surface area contributed by atoms with E-state index in [-0.39, 0.29) is 18.4 Å². The zero-order valence-electron chi connectivity index (χ0n) is 16.2. The summed E-state index contributed by atoms with van der Waals surface area (Å²) in [6, 6.07) is 10.7. The van der Waals surface area contributed by atoms with E-state index in [1.807, 2.05) is 18.2 Å². The fourth-order valence-electron chi connectivity index (χ4n) is 2.83. The third-order valence-electron chi connectivity index (χ3n) is 4.28. The van der Waals surface area contributed by atoms with Crippen molar-refractivity contribution in [2.75, 3.05) is 20.3 Å². The van der Waals surface area contributed by atoms with Crippen molar-refractivity contribution in [2.24, 2.45) is 0 Å². The molecule has 1 amide bonds. The average Bonchev–Trinajstić information content (AvgIpc) is 2.97. The summed E-state index contributed by atoms with van der Waals surface area (Å²) >= 11 is 7.60. The predicted octanol–water partition coefficient (Wildman–Crippen LogP) is 4.08. The van der Waals surface area contributed by atoms with Gasteiger partial charge in [-0.15, -0.1) is 11.8 Å². The smallest absolute Gasteiger partial charge is 0.318 e. The number of esters is 1. The van der Waals surface area contributed by atoms with Crippen LogP contribution in [-0.4, -0.2) is 37.4 Å². The van der Waals surface area contributed by atoms with Gasteiger partial charge in [0, 0.05) is 17.9 Å². The van der Waals surface area contributed by atoms with E-state index in [0.29, 0.717) is 40.2 Å². The van der Waals surface area contributed by atoms with Crippen molar-refractivity contribution in [1.82, 2.24) is 5.32 Å². The molecule has 1 heterocycles. The molecule has 29 heavy (non-hydrogen) atoms. The Hall–Kier alpha value is -2.38. The molecule has 0 bridgehead atoms. The number of benzene rings is 2. The summed E-state index contributed by atoms with van der Waals surface area (Å²) in [6.07, 6.45) is 0.787. The molecular formula is C21H22ClNO5S. The van der Waals surface area contributed by atoms with Gasteiger partial charge in [-0.2, -0.15) is 0 Å². The highest BCUT2D eigenvalue weighted by Crippen LogP contribution is 2.38. The van der Waals surface area contributed by atoms with Gasteiger partial charge in [-0.3, -0.25) is 9.59 Å². The van der Waals surface area contributed by atoms with Gasteiger partial charge in [0.05, 0.1) is 30.9 Å². The van der Waals surface area contributed by atoms with Crippen LogP contribution in [0.1, 0.15) is 29.3 Å². The zero-order chi connectivity index (χ0) is 20.8. The number of hydrogen-bond donors (Lipinski definition) is 1. The van der Waals surface area contributed by atoms with Crippen molar-refractivity contribution in [2.45, 2.75) is 30.0 Å². The molecule has 0 spiro atoms. The lowest BCUT2D eigenvalue weighted by Crippen LogP contribution is -2.24. The first kappa shape index (κ1) is 21.3. The molecule has 0 aromatic heterocycles. The number of rotatable bonds is 6. The molecule has 1 N–H and O–H groups in total. The number of fused-ring (bicyclic) bond motifs is 1. The van der Waals surface area contributed by atoms with Gasteiger partial charge >= 0.3 is 5.97 Å². The monoisotopic (exact) mass is 435 g/mol. The van der Waals surface area contributed by atoms with Crippen LogP contribution in [-0.2, 0) is 16.1 Å². The minimum atomic E-state index is -0.422. The first-order valence-corrected chi connectivity index (χ1v) is 10.4. The number of halogens is 1. The molecule has 0 saturated heterocycles. The van der Waals surface area contributed by atoms with E-state index in [0.717, 1.165) is 12.0 Å². The summed E-state index contributed by atoms with van der Waals surface area (Å²) in [6.45, 7) is 3.13. The Labute approximate surface area is 178 Å². The van der Waals surface area contributed by atoms with E-state index in [1.54, 1.807) is 25.1 Å². The van der Waals surface area contributed by atoms with Crippen molar-refractivity contribution < 1.29 is 23.8 Å². The summed E-state index contributed by atoms with van der Waals surface area (Å²) in [5.74, 6) is 0.542. The Morgan fingerprint density at radius 3 is 2.79 bits per heavy atom. The number of methoxy groups -OCH3 is 1. The zero-order valence-corrected chi connectivity index (χ0v) is 17.8. The summed E-state index contributed by atoms with van der Waals surface area (Å²) in [5.41, 5.74) is 1.30. The second-order valence-electron chi connectivity index (χ2n) is 6.42. The van der Waals surface area contributed by atoms with Gasteiger partial charge in [0.1, 0.15) is 5.25 Å². The Morgan fingerprint density at radius 1 is 1.24 bits per heavy atom. The highest BCUT2D eigenvalue weighted by atomic mass is 35.5. The first-order valence-electron chi connectivity index (χ1n) is 9.19. The third kappa shape index (κ3) is 5.36. The Kier molecular flexibility index (Phi) is 7.28. The van der Waals surface area contributed by atoms with Crippen LogP contribution in [0.25, 0.3) is 0 Å². The molecule has 154 valence electrons. The van der Waals surface area contributed by atoms with Crippen LogP contribution < -0.4 is 14.8 Å². The molecule has 8 heteroatoms.